The van der Waals surface area contributed by atoms with Gasteiger partial charge in [-0.2, -0.15) is 0 Å². The number of aryl methyl sites for hydroxylation is 1. The molecular formula is C19H21ClN4O2. The average Bonchev–Trinajstić information content (AvgIpc) is 2.84. The molecule has 1 aliphatic rings. The number of benzene rings is 1. The summed E-state index contributed by atoms with van der Waals surface area (Å²) >= 11 is 6.46. The fourth-order valence-corrected chi connectivity index (χ4v) is 3.55. The number of anilines is 1. The molecule has 1 fully saturated rings. The molecule has 1 atom stereocenters. The molecule has 0 radical (unpaired) electrons. The van der Waals surface area contributed by atoms with Gasteiger partial charge in [-0.15, -0.1) is 0 Å². The van der Waals surface area contributed by atoms with E-state index in [-0.39, 0.29) is 12.5 Å². The van der Waals surface area contributed by atoms with Gasteiger partial charge in [-0.05, 0) is 18.2 Å². The Morgan fingerprint density at radius 1 is 1.35 bits per heavy atom. The topological polar surface area (TPSA) is 63.4 Å². The number of nitrogens with zero attached hydrogens (tertiary/aromatic N) is 4. The highest BCUT2D eigenvalue weighted by Gasteiger charge is 2.21. The zero-order valence-corrected chi connectivity index (χ0v) is 15.4. The Morgan fingerprint density at radius 3 is 3.00 bits per heavy atom. The van der Waals surface area contributed by atoms with Crippen LogP contribution in [0, 0.1) is 5.92 Å². The van der Waals surface area contributed by atoms with Crippen molar-refractivity contribution >= 4 is 28.5 Å². The van der Waals surface area contributed by atoms with Crippen LogP contribution in [-0.2, 0) is 11.8 Å². The van der Waals surface area contributed by atoms with E-state index in [1.807, 2.05) is 41.9 Å². The lowest BCUT2D eigenvalue weighted by atomic mass is 10.1. The van der Waals surface area contributed by atoms with Crippen LogP contribution in [0.1, 0.15) is 0 Å². The van der Waals surface area contributed by atoms with Gasteiger partial charge in [0.2, 0.25) is 0 Å². The van der Waals surface area contributed by atoms with Gasteiger partial charge in [-0.3, -0.25) is 0 Å². The highest BCUT2D eigenvalue weighted by molar-refractivity contribution is 6.33. The number of para-hydroxylation sites is 2. The summed E-state index contributed by atoms with van der Waals surface area (Å²) in [7, 11) is 1.99. The van der Waals surface area contributed by atoms with E-state index >= 15 is 0 Å². The maximum atomic E-state index is 9.51. The number of fused-ring (bicyclic) bond motifs is 1. The number of aliphatic hydroxyl groups excluding tert-OH is 1. The quantitative estimate of drug-likeness (QED) is 0.766. The largest absolute Gasteiger partial charge is 0.396 e. The van der Waals surface area contributed by atoms with Crippen molar-refractivity contribution in [2.45, 2.75) is 0 Å². The molecule has 1 N–H and O–H groups in total. The molecule has 136 valence electrons. The van der Waals surface area contributed by atoms with Crippen molar-refractivity contribution in [1.82, 2.24) is 14.5 Å². The summed E-state index contributed by atoms with van der Waals surface area (Å²) in [6.07, 6.45) is 1.67. The Kier molecular flexibility index (Phi) is 4.80. The zero-order valence-electron chi connectivity index (χ0n) is 14.6. The van der Waals surface area contributed by atoms with E-state index in [2.05, 4.69) is 9.88 Å². The first-order valence-electron chi connectivity index (χ1n) is 8.68. The lowest BCUT2D eigenvalue weighted by Gasteiger charge is -2.24. The third-order valence-electron chi connectivity index (χ3n) is 4.79. The molecule has 3 aromatic rings. The molecule has 0 saturated carbocycles. The van der Waals surface area contributed by atoms with Crippen molar-refractivity contribution < 1.29 is 9.84 Å². The van der Waals surface area contributed by atoms with Crippen LogP contribution in [0.5, 0.6) is 0 Å². The highest BCUT2D eigenvalue weighted by Crippen LogP contribution is 2.32. The molecular weight excluding hydrogens is 352 g/mol. The van der Waals surface area contributed by atoms with Gasteiger partial charge in [0.05, 0.1) is 29.3 Å². The Morgan fingerprint density at radius 2 is 2.19 bits per heavy atom. The Labute approximate surface area is 157 Å². The Hall–Kier alpha value is -2.15. The van der Waals surface area contributed by atoms with E-state index in [1.54, 1.807) is 6.20 Å². The van der Waals surface area contributed by atoms with Crippen LogP contribution < -0.4 is 4.90 Å². The molecule has 0 aliphatic carbocycles. The minimum atomic E-state index is 0.0779. The monoisotopic (exact) mass is 372 g/mol. The van der Waals surface area contributed by atoms with E-state index in [4.69, 9.17) is 21.3 Å². The molecule has 1 aromatic carbocycles. The van der Waals surface area contributed by atoms with Crippen molar-refractivity contribution in [2.75, 3.05) is 37.8 Å². The second kappa shape index (κ2) is 7.23. The molecule has 6 nitrogen and oxygen atoms in total. The molecule has 2 aromatic heterocycles. The first-order chi connectivity index (χ1) is 12.7. The van der Waals surface area contributed by atoms with Gasteiger partial charge in [0.1, 0.15) is 11.6 Å². The third kappa shape index (κ3) is 3.16. The van der Waals surface area contributed by atoms with Crippen molar-refractivity contribution in [3.63, 3.8) is 0 Å². The van der Waals surface area contributed by atoms with E-state index in [9.17, 15) is 5.11 Å². The van der Waals surface area contributed by atoms with Gasteiger partial charge in [-0.25, -0.2) is 9.97 Å². The number of aromatic nitrogens is 3. The number of imidazole rings is 1. The van der Waals surface area contributed by atoms with E-state index in [0.29, 0.717) is 24.8 Å². The van der Waals surface area contributed by atoms with E-state index in [1.165, 1.54) is 0 Å². The molecule has 0 amide bonds. The van der Waals surface area contributed by atoms with Crippen LogP contribution in [0.4, 0.5) is 5.82 Å². The van der Waals surface area contributed by atoms with Gasteiger partial charge in [-0.1, -0.05) is 23.7 Å². The summed E-state index contributed by atoms with van der Waals surface area (Å²) < 4.78 is 7.62. The molecule has 0 bridgehead atoms. The number of ether oxygens (including phenoxy) is 1. The minimum Gasteiger partial charge on any atom is -0.396 e. The number of hydrogen-bond donors (Lipinski definition) is 1. The van der Waals surface area contributed by atoms with Crippen LogP contribution in [-0.4, -0.2) is 52.6 Å². The van der Waals surface area contributed by atoms with Crippen molar-refractivity contribution in [3.05, 3.63) is 41.6 Å². The van der Waals surface area contributed by atoms with Gasteiger partial charge in [0.15, 0.2) is 0 Å². The fraction of sp³-hybridized carbons (Fsp3) is 0.368. The summed E-state index contributed by atoms with van der Waals surface area (Å²) in [4.78, 5) is 11.4. The smallest absolute Gasteiger partial charge is 0.142 e. The molecule has 4 rings (SSSR count). The molecule has 1 unspecified atom stereocenters. The van der Waals surface area contributed by atoms with E-state index in [0.717, 1.165) is 34.8 Å². The predicted molar refractivity (Wildman–Crippen MR) is 103 cm³/mol. The lowest BCUT2D eigenvalue weighted by Crippen LogP contribution is -2.32. The standard InChI is InChI=1S/C19H21ClN4O2/c1-23-17-5-3-2-4-16(17)22-19(23)14-8-18(21-9-15(14)20)24-6-7-26-12-13(10-24)11-25/h2-5,8-9,13,25H,6-7,10-12H2,1H3. The van der Waals surface area contributed by atoms with Crippen molar-refractivity contribution in [3.8, 4) is 11.4 Å². The summed E-state index contributed by atoms with van der Waals surface area (Å²) in [5.74, 6) is 1.71. The molecule has 7 heteroatoms. The molecule has 1 saturated heterocycles. The summed E-state index contributed by atoms with van der Waals surface area (Å²) in [5.41, 5.74) is 2.84. The van der Waals surface area contributed by atoms with Gasteiger partial charge >= 0.3 is 0 Å². The zero-order chi connectivity index (χ0) is 18.1. The molecule has 3 heterocycles. The SMILES string of the molecule is Cn1c(-c2cc(N3CCOCC(CO)C3)ncc2Cl)nc2ccccc21. The second-order valence-electron chi connectivity index (χ2n) is 6.58. The molecule has 26 heavy (non-hydrogen) atoms. The van der Waals surface area contributed by atoms with Crippen LogP contribution >= 0.6 is 11.6 Å². The van der Waals surface area contributed by atoms with Gasteiger partial charge in [0.25, 0.3) is 0 Å². The van der Waals surface area contributed by atoms with E-state index < -0.39 is 0 Å². The van der Waals surface area contributed by atoms with Crippen molar-refractivity contribution in [2.24, 2.45) is 13.0 Å². The number of aliphatic hydroxyl groups is 1. The van der Waals surface area contributed by atoms with Crippen LogP contribution in [0.2, 0.25) is 5.02 Å². The second-order valence-corrected chi connectivity index (χ2v) is 6.98. The first kappa shape index (κ1) is 17.3. The van der Waals surface area contributed by atoms with Gasteiger partial charge < -0.3 is 19.3 Å². The molecule has 0 spiro atoms. The first-order valence-corrected chi connectivity index (χ1v) is 9.06. The third-order valence-corrected chi connectivity index (χ3v) is 5.09. The normalized spacial score (nSPS) is 18.3. The number of pyridine rings is 1. The summed E-state index contributed by atoms with van der Waals surface area (Å²) in [6.45, 7) is 2.71. The maximum absolute atomic E-state index is 9.51. The lowest BCUT2D eigenvalue weighted by molar-refractivity contribution is 0.0959. The predicted octanol–water partition coefficient (Wildman–Crippen LogP) is 2.73. The average molecular weight is 373 g/mol. The maximum Gasteiger partial charge on any atom is 0.142 e. The Bertz CT molecular complexity index is 927. The highest BCUT2D eigenvalue weighted by atomic mass is 35.5. The Balaban J connectivity index is 1.75. The van der Waals surface area contributed by atoms with Crippen molar-refractivity contribution in [1.29, 1.82) is 0 Å². The molecule has 1 aliphatic heterocycles. The van der Waals surface area contributed by atoms with Crippen LogP contribution in [0.3, 0.4) is 0 Å². The summed E-state index contributed by atoms with van der Waals surface area (Å²) in [5, 5.41) is 10.1. The fourth-order valence-electron chi connectivity index (χ4n) is 3.36. The minimum absolute atomic E-state index is 0.0779. The number of rotatable bonds is 3. The number of halogens is 1. The van der Waals surface area contributed by atoms with Crippen LogP contribution in [0.25, 0.3) is 22.4 Å². The van der Waals surface area contributed by atoms with Crippen LogP contribution in [0.15, 0.2) is 36.5 Å². The summed E-state index contributed by atoms with van der Waals surface area (Å²) in [6, 6.07) is 9.99. The van der Waals surface area contributed by atoms with Gasteiger partial charge in [0, 0.05) is 44.4 Å². The number of hydrogen-bond acceptors (Lipinski definition) is 5.